The molecule has 0 bridgehead atoms. The average Bonchev–Trinajstić information content (AvgIpc) is 3.22. The minimum atomic E-state index is -3.49. The van der Waals surface area contributed by atoms with Gasteiger partial charge in [-0.3, -0.25) is 4.31 Å². The zero-order chi connectivity index (χ0) is 17.0. The number of sulfonamides is 1. The second-order valence-corrected chi connectivity index (χ2v) is 9.14. The van der Waals surface area contributed by atoms with Crippen molar-refractivity contribution in [2.24, 2.45) is 5.41 Å². The van der Waals surface area contributed by atoms with Gasteiger partial charge in [-0.2, -0.15) is 0 Å². The van der Waals surface area contributed by atoms with Crippen LogP contribution in [0.2, 0.25) is 0 Å². The molecule has 0 saturated heterocycles. The molecule has 2 aromatic rings. The van der Waals surface area contributed by atoms with Crippen LogP contribution < -0.4 is 0 Å². The Morgan fingerprint density at radius 1 is 1.00 bits per heavy atom. The Labute approximate surface area is 143 Å². The van der Waals surface area contributed by atoms with Crippen molar-refractivity contribution in [2.45, 2.75) is 30.6 Å². The Morgan fingerprint density at radius 3 is 2.29 bits per heavy atom. The summed E-state index contributed by atoms with van der Waals surface area (Å²) < 4.78 is 27.3. The predicted molar refractivity (Wildman–Crippen MR) is 95.1 cm³/mol. The van der Waals surface area contributed by atoms with Gasteiger partial charge in [0, 0.05) is 23.6 Å². The van der Waals surface area contributed by atoms with Crippen molar-refractivity contribution in [2.75, 3.05) is 6.54 Å². The van der Waals surface area contributed by atoms with Crippen molar-refractivity contribution >= 4 is 10.0 Å². The first-order valence-electron chi connectivity index (χ1n) is 8.21. The van der Waals surface area contributed by atoms with Gasteiger partial charge >= 0.3 is 0 Å². The molecule has 0 amide bonds. The summed E-state index contributed by atoms with van der Waals surface area (Å²) in [5, 5.41) is 0. The van der Waals surface area contributed by atoms with Gasteiger partial charge in [-0.1, -0.05) is 61.0 Å². The molecule has 2 atom stereocenters. The van der Waals surface area contributed by atoms with Crippen LogP contribution in [0, 0.1) is 12.3 Å². The smallest absolute Gasteiger partial charge is 0.263 e. The van der Waals surface area contributed by atoms with Crippen molar-refractivity contribution in [3.63, 3.8) is 0 Å². The molecule has 2 aliphatic rings. The van der Waals surface area contributed by atoms with Crippen LogP contribution >= 0.6 is 0 Å². The highest BCUT2D eigenvalue weighted by molar-refractivity contribution is 7.89. The predicted octanol–water partition coefficient (Wildman–Crippen LogP) is 3.86. The largest absolute Gasteiger partial charge is 0.273 e. The van der Waals surface area contributed by atoms with Gasteiger partial charge in [0.2, 0.25) is 0 Å². The highest BCUT2D eigenvalue weighted by Crippen LogP contribution is 2.67. The number of allylic oxidation sites excluding steroid dienone is 1. The summed E-state index contributed by atoms with van der Waals surface area (Å²) in [6.07, 6.45) is 4.83. The van der Waals surface area contributed by atoms with Gasteiger partial charge in [-0.25, -0.2) is 8.42 Å². The molecule has 0 unspecified atom stereocenters. The standard InChI is InChI=1S/C20H21NO2S/c1-16-8-10-18(11-9-16)24(22,23)21-13-12-20(14-19(20,2)15-21)17-6-4-3-5-7-17/h3-13H,14-15H2,1-2H3/t19-,20-/m1/s1. The first kappa shape index (κ1) is 15.5. The molecule has 4 rings (SSSR count). The van der Waals surface area contributed by atoms with Crippen LogP contribution in [0.3, 0.4) is 0 Å². The maximum Gasteiger partial charge on any atom is 0.263 e. The third kappa shape index (κ3) is 2.13. The molecule has 1 saturated carbocycles. The van der Waals surface area contributed by atoms with Crippen LogP contribution in [0.1, 0.15) is 24.5 Å². The topological polar surface area (TPSA) is 37.4 Å². The van der Waals surface area contributed by atoms with E-state index in [1.54, 1.807) is 18.3 Å². The summed E-state index contributed by atoms with van der Waals surface area (Å²) in [6, 6.07) is 17.4. The molecule has 24 heavy (non-hydrogen) atoms. The number of nitrogens with zero attached hydrogens (tertiary/aromatic N) is 1. The number of hydrogen-bond acceptors (Lipinski definition) is 2. The van der Waals surface area contributed by atoms with Gasteiger partial charge in [0.1, 0.15) is 0 Å². The van der Waals surface area contributed by atoms with E-state index in [9.17, 15) is 8.42 Å². The van der Waals surface area contributed by atoms with E-state index in [0.29, 0.717) is 11.4 Å². The Hall–Kier alpha value is -2.07. The third-order valence-electron chi connectivity index (χ3n) is 5.57. The lowest BCUT2D eigenvalue weighted by Gasteiger charge is -2.32. The normalized spacial score (nSPS) is 28.5. The van der Waals surface area contributed by atoms with Crippen molar-refractivity contribution in [1.29, 1.82) is 0 Å². The summed E-state index contributed by atoms with van der Waals surface area (Å²) in [4.78, 5) is 0.356. The first-order valence-corrected chi connectivity index (χ1v) is 9.65. The van der Waals surface area contributed by atoms with Crippen LogP contribution in [0.4, 0.5) is 0 Å². The number of hydrogen-bond donors (Lipinski definition) is 0. The van der Waals surface area contributed by atoms with Crippen LogP contribution in [0.5, 0.6) is 0 Å². The van der Waals surface area contributed by atoms with E-state index in [0.717, 1.165) is 12.0 Å². The van der Waals surface area contributed by atoms with Crippen molar-refractivity contribution in [3.05, 3.63) is 78.0 Å². The molecule has 124 valence electrons. The van der Waals surface area contributed by atoms with Crippen LogP contribution in [-0.2, 0) is 15.4 Å². The lowest BCUT2D eigenvalue weighted by Crippen LogP contribution is -2.37. The minimum Gasteiger partial charge on any atom is -0.273 e. The lowest BCUT2D eigenvalue weighted by molar-refractivity contribution is 0.364. The maximum atomic E-state index is 12.9. The zero-order valence-corrected chi connectivity index (χ0v) is 14.8. The molecule has 0 N–H and O–H groups in total. The summed E-state index contributed by atoms with van der Waals surface area (Å²) in [6.45, 7) is 4.66. The van der Waals surface area contributed by atoms with E-state index < -0.39 is 10.0 Å². The van der Waals surface area contributed by atoms with E-state index in [-0.39, 0.29) is 10.8 Å². The van der Waals surface area contributed by atoms with Gasteiger partial charge in [0.05, 0.1) is 4.90 Å². The molecule has 0 radical (unpaired) electrons. The SMILES string of the molecule is Cc1ccc(S(=O)(=O)N2C=C[C@]3(c4ccccc4)C[C@]3(C)C2)cc1. The second kappa shape index (κ2) is 4.96. The lowest BCUT2D eigenvalue weighted by atomic mass is 9.85. The number of aryl methyl sites for hydroxylation is 1. The summed E-state index contributed by atoms with van der Waals surface area (Å²) >= 11 is 0. The Balaban J connectivity index is 1.68. The molecule has 1 aliphatic heterocycles. The van der Waals surface area contributed by atoms with Gasteiger partial charge in [-0.15, -0.1) is 0 Å². The van der Waals surface area contributed by atoms with E-state index in [1.807, 2.05) is 37.3 Å². The third-order valence-corrected chi connectivity index (χ3v) is 7.30. The molecule has 3 nitrogen and oxygen atoms in total. The molecule has 0 aromatic heterocycles. The van der Waals surface area contributed by atoms with E-state index in [1.165, 1.54) is 9.87 Å². The quantitative estimate of drug-likeness (QED) is 0.851. The fraction of sp³-hybridized carbons (Fsp3) is 0.300. The van der Waals surface area contributed by atoms with Crippen molar-refractivity contribution in [3.8, 4) is 0 Å². The Bertz CT molecular complexity index is 902. The number of fused-ring (bicyclic) bond motifs is 1. The molecule has 1 fully saturated rings. The molecule has 1 aliphatic carbocycles. The van der Waals surface area contributed by atoms with Crippen LogP contribution in [-0.4, -0.2) is 19.3 Å². The van der Waals surface area contributed by atoms with Gasteiger partial charge in [0.15, 0.2) is 0 Å². The van der Waals surface area contributed by atoms with E-state index >= 15 is 0 Å². The molecule has 2 aromatic carbocycles. The highest BCUT2D eigenvalue weighted by atomic mass is 32.2. The highest BCUT2D eigenvalue weighted by Gasteiger charge is 2.66. The fourth-order valence-corrected chi connectivity index (χ4v) is 5.36. The minimum absolute atomic E-state index is 0.0203. The number of benzene rings is 2. The summed E-state index contributed by atoms with van der Waals surface area (Å²) in [5.74, 6) is 0. The first-order chi connectivity index (χ1) is 11.4. The van der Waals surface area contributed by atoms with E-state index in [2.05, 4.69) is 25.1 Å². The Morgan fingerprint density at radius 2 is 1.67 bits per heavy atom. The molecular formula is C20H21NO2S. The van der Waals surface area contributed by atoms with E-state index in [4.69, 9.17) is 0 Å². The van der Waals surface area contributed by atoms with Gasteiger partial charge in [-0.05, 0) is 31.0 Å². The Kier molecular flexibility index (Phi) is 3.20. The molecule has 1 heterocycles. The molecule has 0 spiro atoms. The second-order valence-electron chi connectivity index (χ2n) is 7.25. The van der Waals surface area contributed by atoms with Gasteiger partial charge in [0.25, 0.3) is 10.0 Å². The van der Waals surface area contributed by atoms with Crippen LogP contribution in [0.15, 0.2) is 71.8 Å². The summed E-state index contributed by atoms with van der Waals surface area (Å²) in [5.41, 5.74) is 2.27. The summed E-state index contributed by atoms with van der Waals surface area (Å²) in [7, 11) is -3.49. The number of rotatable bonds is 3. The monoisotopic (exact) mass is 339 g/mol. The van der Waals surface area contributed by atoms with Crippen LogP contribution in [0.25, 0.3) is 0 Å². The average molecular weight is 339 g/mol. The van der Waals surface area contributed by atoms with Gasteiger partial charge < -0.3 is 0 Å². The van der Waals surface area contributed by atoms with Crippen molar-refractivity contribution in [1.82, 2.24) is 4.31 Å². The molecule has 4 heteroatoms. The zero-order valence-electron chi connectivity index (χ0n) is 13.9. The molecular weight excluding hydrogens is 318 g/mol. The van der Waals surface area contributed by atoms with Crippen molar-refractivity contribution < 1.29 is 8.42 Å². The maximum absolute atomic E-state index is 12.9. The fourth-order valence-electron chi connectivity index (χ4n) is 3.93.